The van der Waals surface area contributed by atoms with Crippen LogP contribution in [-0.4, -0.2) is 20.2 Å². The number of hydrogen-bond donors (Lipinski definition) is 0. The van der Waals surface area contributed by atoms with Crippen LogP contribution in [0.3, 0.4) is 0 Å². The second-order valence-corrected chi connectivity index (χ2v) is 5.70. The van der Waals surface area contributed by atoms with Crippen molar-refractivity contribution in [1.29, 1.82) is 0 Å². The maximum absolute atomic E-state index is 12.4. The molecule has 138 valence electrons. The SMILES string of the molecule is COc1ccc(C(=O)OCc2cccc(Oc3ccccc3)c2)c(OC)c1. The highest BCUT2D eigenvalue weighted by atomic mass is 16.5. The molecule has 0 aliphatic rings. The largest absolute Gasteiger partial charge is 0.497 e. The zero-order valence-corrected chi connectivity index (χ0v) is 15.2. The van der Waals surface area contributed by atoms with Gasteiger partial charge in [-0.15, -0.1) is 0 Å². The average Bonchev–Trinajstić information content (AvgIpc) is 2.72. The maximum Gasteiger partial charge on any atom is 0.342 e. The van der Waals surface area contributed by atoms with E-state index in [1.165, 1.54) is 7.11 Å². The van der Waals surface area contributed by atoms with Gasteiger partial charge >= 0.3 is 5.97 Å². The summed E-state index contributed by atoms with van der Waals surface area (Å²) in [6, 6.07) is 21.9. The van der Waals surface area contributed by atoms with Crippen LogP contribution in [0.2, 0.25) is 0 Å². The molecule has 0 atom stereocenters. The molecule has 0 spiro atoms. The first-order chi connectivity index (χ1) is 13.2. The fourth-order valence-corrected chi connectivity index (χ4v) is 2.52. The molecule has 0 aliphatic heterocycles. The molecule has 0 heterocycles. The summed E-state index contributed by atoms with van der Waals surface area (Å²) >= 11 is 0. The van der Waals surface area contributed by atoms with Crippen molar-refractivity contribution >= 4 is 5.97 Å². The Morgan fingerprint density at radius 3 is 2.30 bits per heavy atom. The molecule has 0 saturated heterocycles. The molecule has 0 aromatic heterocycles. The summed E-state index contributed by atoms with van der Waals surface area (Å²) in [5, 5.41) is 0. The molecule has 0 fully saturated rings. The molecule has 5 heteroatoms. The smallest absolute Gasteiger partial charge is 0.342 e. The lowest BCUT2D eigenvalue weighted by molar-refractivity contribution is 0.0468. The minimum atomic E-state index is -0.469. The number of carbonyl (C=O) groups excluding carboxylic acids is 1. The third kappa shape index (κ3) is 4.79. The number of carbonyl (C=O) groups is 1. The normalized spacial score (nSPS) is 10.1. The van der Waals surface area contributed by atoms with Gasteiger partial charge in [0.15, 0.2) is 0 Å². The molecular formula is C22H20O5. The summed E-state index contributed by atoms with van der Waals surface area (Å²) in [5.41, 5.74) is 1.17. The van der Waals surface area contributed by atoms with E-state index in [-0.39, 0.29) is 6.61 Å². The predicted molar refractivity (Wildman–Crippen MR) is 102 cm³/mol. The van der Waals surface area contributed by atoms with Gasteiger partial charge in [0.2, 0.25) is 0 Å². The van der Waals surface area contributed by atoms with Crippen LogP contribution in [0.5, 0.6) is 23.0 Å². The minimum Gasteiger partial charge on any atom is -0.497 e. The first kappa shape index (κ1) is 18.3. The fourth-order valence-electron chi connectivity index (χ4n) is 2.52. The minimum absolute atomic E-state index is 0.125. The molecule has 0 N–H and O–H groups in total. The Labute approximate surface area is 158 Å². The van der Waals surface area contributed by atoms with E-state index < -0.39 is 5.97 Å². The van der Waals surface area contributed by atoms with Crippen molar-refractivity contribution < 1.29 is 23.7 Å². The molecule has 0 aliphatic carbocycles. The second-order valence-electron chi connectivity index (χ2n) is 5.70. The van der Waals surface area contributed by atoms with E-state index in [1.807, 2.05) is 54.6 Å². The van der Waals surface area contributed by atoms with Gasteiger partial charge in [-0.05, 0) is 42.0 Å². The van der Waals surface area contributed by atoms with Crippen LogP contribution >= 0.6 is 0 Å². The van der Waals surface area contributed by atoms with Crippen molar-refractivity contribution in [1.82, 2.24) is 0 Å². The number of para-hydroxylation sites is 1. The van der Waals surface area contributed by atoms with Gasteiger partial charge in [-0.2, -0.15) is 0 Å². The van der Waals surface area contributed by atoms with Crippen molar-refractivity contribution in [2.75, 3.05) is 14.2 Å². The van der Waals surface area contributed by atoms with E-state index >= 15 is 0 Å². The van der Waals surface area contributed by atoms with Crippen LogP contribution in [0.1, 0.15) is 15.9 Å². The van der Waals surface area contributed by atoms with Crippen LogP contribution in [0, 0.1) is 0 Å². The Balaban J connectivity index is 1.66. The molecule has 3 rings (SSSR count). The molecule has 0 bridgehead atoms. The van der Waals surface area contributed by atoms with Crippen molar-refractivity contribution in [3.8, 4) is 23.0 Å². The molecule has 27 heavy (non-hydrogen) atoms. The Morgan fingerprint density at radius 1 is 0.778 bits per heavy atom. The van der Waals surface area contributed by atoms with Crippen molar-refractivity contribution in [3.63, 3.8) is 0 Å². The van der Waals surface area contributed by atoms with Crippen LogP contribution in [0.4, 0.5) is 0 Å². The quantitative estimate of drug-likeness (QED) is 0.561. The number of hydrogen-bond acceptors (Lipinski definition) is 5. The summed E-state index contributed by atoms with van der Waals surface area (Å²) in [5.74, 6) is 1.96. The topological polar surface area (TPSA) is 54.0 Å². The molecule has 3 aromatic carbocycles. The number of methoxy groups -OCH3 is 2. The van der Waals surface area contributed by atoms with Gasteiger partial charge in [-0.1, -0.05) is 30.3 Å². The van der Waals surface area contributed by atoms with Crippen molar-refractivity contribution in [3.05, 3.63) is 83.9 Å². The van der Waals surface area contributed by atoms with Crippen LogP contribution < -0.4 is 14.2 Å². The standard InChI is InChI=1S/C22H20O5/c1-24-18-11-12-20(21(14-18)25-2)22(23)26-15-16-7-6-10-19(13-16)27-17-8-4-3-5-9-17/h3-14H,15H2,1-2H3. The van der Waals surface area contributed by atoms with Gasteiger partial charge < -0.3 is 18.9 Å². The lowest BCUT2D eigenvalue weighted by Gasteiger charge is -2.11. The molecule has 3 aromatic rings. The molecule has 0 saturated carbocycles. The Bertz CT molecular complexity index is 906. The Morgan fingerprint density at radius 2 is 1.56 bits per heavy atom. The van der Waals surface area contributed by atoms with Crippen molar-refractivity contribution in [2.24, 2.45) is 0 Å². The van der Waals surface area contributed by atoms with E-state index in [0.29, 0.717) is 22.8 Å². The zero-order chi connectivity index (χ0) is 19.1. The van der Waals surface area contributed by atoms with E-state index in [9.17, 15) is 4.79 Å². The van der Waals surface area contributed by atoms with Gasteiger partial charge in [0.25, 0.3) is 0 Å². The monoisotopic (exact) mass is 364 g/mol. The number of rotatable bonds is 7. The Kier molecular flexibility index (Phi) is 5.94. The summed E-state index contributed by atoms with van der Waals surface area (Å²) in [7, 11) is 3.05. The van der Waals surface area contributed by atoms with Gasteiger partial charge in [0.05, 0.1) is 14.2 Å². The number of benzene rings is 3. The fraction of sp³-hybridized carbons (Fsp3) is 0.136. The lowest BCUT2D eigenvalue weighted by Crippen LogP contribution is -2.07. The molecule has 5 nitrogen and oxygen atoms in total. The van der Waals surface area contributed by atoms with Crippen LogP contribution in [0.15, 0.2) is 72.8 Å². The van der Waals surface area contributed by atoms with Gasteiger partial charge in [0, 0.05) is 6.07 Å². The third-order valence-corrected chi connectivity index (χ3v) is 3.88. The molecular weight excluding hydrogens is 344 g/mol. The summed E-state index contributed by atoms with van der Waals surface area (Å²) in [6.07, 6.45) is 0. The highest BCUT2D eigenvalue weighted by Gasteiger charge is 2.15. The summed E-state index contributed by atoms with van der Waals surface area (Å²) < 4.78 is 21.6. The van der Waals surface area contributed by atoms with Crippen LogP contribution in [0.25, 0.3) is 0 Å². The van der Waals surface area contributed by atoms with E-state index in [4.69, 9.17) is 18.9 Å². The highest BCUT2D eigenvalue weighted by Crippen LogP contribution is 2.26. The first-order valence-corrected chi connectivity index (χ1v) is 8.40. The van der Waals surface area contributed by atoms with Gasteiger partial charge in [-0.25, -0.2) is 4.79 Å². The Hall–Kier alpha value is -3.47. The van der Waals surface area contributed by atoms with Crippen LogP contribution in [-0.2, 0) is 11.3 Å². The first-order valence-electron chi connectivity index (χ1n) is 8.40. The lowest BCUT2D eigenvalue weighted by atomic mass is 10.2. The summed E-state index contributed by atoms with van der Waals surface area (Å²) in [4.78, 5) is 12.4. The van der Waals surface area contributed by atoms with E-state index in [0.717, 1.165) is 11.3 Å². The summed E-state index contributed by atoms with van der Waals surface area (Å²) in [6.45, 7) is 0.125. The third-order valence-electron chi connectivity index (χ3n) is 3.88. The zero-order valence-electron chi connectivity index (χ0n) is 15.2. The van der Waals surface area contributed by atoms with Crippen molar-refractivity contribution in [2.45, 2.75) is 6.61 Å². The van der Waals surface area contributed by atoms with E-state index in [1.54, 1.807) is 25.3 Å². The van der Waals surface area contributed by atoms with E-state index in [2.05, 4.69) is 0 Å². The number of ether oxygens (including phenoxy) is 4. The van der Waals surface area contributed by atoms with Gasteiger partial charge in [0.1, 0.15) is 35.2 Å². The maximum atomic E-state index is 12.4. The molecule has 0 amide bonds. The second kappa shape index (κ2) is 8.76. The molecule has 0 radical (unpaired) electrons. The highest BCUT2D eigenvalue weighted by molar-refractivity contribution is 5.92. The molecule has 0 unspecified atom stereocenters. The average molecular weight is 364 g/mol. The predicted octanol–water partition coefficient (Wildman–Crippen LogP) is 4.85. The van der Waals surface area contributed by atoms with Gasteiger partial charge in [-0.3, -0.25) is 0 Å². The number of esters is 1.